The van der Waals surface area contributed by atoms with Gasteiger partial charge in [-0.05, 0) is 19.1 Å². The van der Waals surface area contributed by atoms with Crippen LogP contribution < -0.4 is 4.90 Å². The van der Waals surface area contributed by atoms with Crippen LogP contribution in [0.2, 0.25) is 0 Å². The average Bonchev–Trinajstić information content (AvgIpc) is 2.28. The maximum atomic E-state index is 12.7. The molecular formula is C11H13F3N2O2. The summed E-state index contributed by atoms with van der Waals surface area (Å²) in [6, 6.07) is 2.12. The minimum atomic E-state index is -4.51. The number of rotatable bonds is 4. The van der Waals surface area contributed by atoms with E-state index in [0.29, 0.717) is 0 Å². The summed E-state index contributed by atoms with van der Waals surface area (Å²) in [7, 11) is 1.36. The van der Waals surface area contributed by atoms with Crippen molar-refractivity contribution in [3.63, 3.8) is 0 Å². The molecule has 0 saturated heterocycles. The van der Waals surface area contributed by atoms with Crippen LogP contribution in [0.25, 0.3) is 0 Å². The van der Waals surface area contributed by atoms with E-state index in [1.165, 1.54) is 19.3 Å². The van der Waals surface area contributed by atoms with Crippen molar-refractivity contribution < 1.29 is 22.7 Å². The van der Waals surface area contributed by atoms with Gasteiger partial charge in [-0.2, -0.15) is 13.2 Å². The molecule has 7 heteroatoms. The van der Waals surface area contributed by atoms with Crippen LogP contribution in [-0.4, -0.2) is 31.2 Å². The van der Waals surface area contributed by atoms with E-state index in [9.17, 15) is 18.0 Å². The van der Waals surface area contributed by atoms with Gasteiger partial charge in [0.2, 0.25) is 0 Å². The highest BCUT2D eigenvalue weighted by atomic mass is 19.4. The Kier molecular flexibility index (Phi) is 4.52. The second-order valence-electron chi connectivity index (χ2n) is 3.53. The first-order chi connectivity index (χ1) is 8.36. The molecule has 100 valence electrons. The molecule has 0 fully saturated rings. The number of carbonyl (C=O) groups is 1. The third-order valence-corrected chi connectivity index (χ3v) is 2.13. The lowest BCUT2D eigenvalue weighted by molar-refractivity contribution is -0.142. The first-order valence-electron chi connectivity index (χ1n) is 5.25. The predicted octanol–water partition coefficient (Wildman–Crippen LogP) is 2.10. The van der Waals surface area contributed by atoms with Gasteiger partial charge in [0.05, 0.1) is 12.2 Å². The van der Waals surface area contributed by atoms with Gasteiger partial charge in [-0.3, -0.25) is 4.79 Å². The number of halogens is 3. The molecule has 1 heterocycles. The molecule has 0 aromatic carbocycles. The fraction of sp³-hybridized carbons (Fsp3) is 0.455. The third kappa shape index (κ3) is 3.61. The van der Waals surface area contributed by atoms with Crippen molar-refractivity contribution in [2.45, 2.75) is 13.1 Å². The number of carbonyl (C=O) groups excluding carboxylic acids is 1. The summed E-state index contributed by atoms with van der Waals surface area (Å²) in [5, 5.41) is 0. The maximum absolute atomic E-state index is 12.7. The van der Waals surface area contributed by atoms with E-state index < -0.39 is 17.7 Å². The van der Waals surface area contributed by atoms with Crippen LogP contribution in [-0.2, 0) is 15.7 Å². The van der Waals surface area contributed by atoms with Gasteiger partial charge >= 0.3 is 12.1 Å². The maximum Gasteiger partial charge on any atom is 0.419 e. The minimum Gasteiger partial charge on any atom is -0.465 e. The Labute approximate surface area is 102 Å². The van der Waals surface area contributed by atoms with E-state index in [0.717, 1.165) is 11.0 Å². The van der Waals surface area contributed by atoms with Crippen molar-refractivity contribution in [2.75, 3.05) is 25.1 Å². The van der Waals surface area contributed by atoms with E-state index >= 15 is 0 Å². The summed E-state index contributed by atoms with van der Waals surface area (Å²) in [4.78, 5) is 16.0. The second kappa shape index (κ2) is 5.70. The largest absolute Gasteiger partial charge is 0.465 e. The Hall–Kier alpha value is -1.79. The summed E-state index contributed by atoms with van der Waals surface area (Å²) in [5.74, 6) is -0.892. The number of ether oxygens (including phenoxy) is 1. The first kappa shape index (κ1) is 14.3. The summed E-state index contributed by atoms with van der Waals surface area (Å²) in [6.45, 7) is 1.52. The van der Waals surface area contributed by atoms with Gasteiger partial charge in [0.1, 0.15) is 12.4 Å². The molecule has 1 aromatic rings. The fourth-order valence-corrected chi connectivity index (χ4v) is 1.40. The van der Waals surface area contributed by atoms with E-state index in [-0.39, 0.29) is 19.0 Å². The minimum absolute atomic E-state index is 0.182. The van der Waals surface area contributed by atoms with Crippen LogP contribution in [0.1, 0.15) is 12.5 Å². The number of likely N-dealkylation sites (N-methyl/N-ethyl adjacent to an activating group) is 1. The molecule has 0 radical (unpaired) electrons. The standard InChI is InChI=1S/C11H13F3N2O2/c1-3-18-9(17)7-16(2)10-8(11(12,13)14)5-4-6-15-10/h4-6H,3,7H2,1-2H3. The highest BCUT2D eigenvalue weighted by Gasteiger charge is 2.35. The molecule has 0 aliphatic carbocycles. The Morgan fingerprint density at radius 1 is 1.50 bits per heavy atom. The summed E-state index contributed by atoms with van der Waals surface area (Å²) >= 11 is 0. The highest BCUT2D eigenvalue weighted by Crippen LogP contribution is 2.34. The molecule has 0 N–H and O–H groups in total. The van der Waals surface area contributed by atoms with Crippen molar-refractivity contribution >= 4 is 11.8 Å². The molecule has 0 aliphatic heterocycles. The third-order valence-electron chi connectivity index (χ3n) is 2.13. The zero-order chi connectivity index (χ0) is 13.8. The summed E-state index contributed by atoms with van der Waals surface area (Å²) in [6.07, 6.45) is -3.27. The van der Waals surface area contributed by atoms with Crippen molar-refractivity contribution in [2.24, 2.45) is 0 Å². The van der Waals surface area contributed by atoms with Gasteiger partial charge in [-0.1, -0.05) is 0 Å². The number of nitrogens with zero attached hydrogens (tertiary/aromatic N) is 2. The molecule has 0 saturated carbocycles. The smallest absolute Gasteiger partial charge is 0.419 e. The number of esters is 1. The highest BCUT2D eigenvalue weighted by molar-refractivity contribution is 5.75. The van der Waals surface area contributed by atoms with E-state index in [2.05, 4.69) is 9.72 Å². The molecule has 0 bridgehead atoms. The van der Waals surface area contributed by atoms with Gasteiger partial charge in [0.25, 0.3) is 0 Å². The van der Waals surface area contributed by atoms with E-state index in [1.54, 1.807) is 6.92 Å². The van der Waals surface area contributed by atoms with Crippen LogP contribution in [0.3, 0.4) is 0 Å². The van der Waals surface area contributed by atoms with E-state index in [4.69, 9.17) is 0 Å². The van der Waals surface area contributed by atoms with Crippen molar-refractivity contribution in [3.05, 3.63) is 23.9 Å². The van der Waals surface area contributed by atoms with Gasteiger partial charge in [0, 0.05) is 13.2 Å². The molecule has 1 aromatic heterocycles. The Morgan fingerprint density at radius 3 is 2.72 bits per heavy atom. The van der Waals surface area contributed by atoms with Crippen LogP contribution in [0, 0.1) is 0 Å². The Bertz CT molecular complexity index is 421. The Morgan fingerprint density at radius 2 is 2.17 bits per heavy atom. The molecule has 0 atom stereocenters. The number of aromatic nitrogens is 1. The molecule has 1 rings (SSSR count). The van der Waals surface area contributed by atoms with Gasteiger partial charge in [-0.15, -0.1) is 0 Å². The number of alkyl halides is 3. The van der Waals surface area contributed by atoms with Crippen molar-refractivity contribution in [3.8, 4) is 0 Å². The molecule has 0 spiro atoms. The van der Waals surface area contributed by atoms with Gasteiger partial charge < -0.3 is 9.64 Å². The van der Waals surface area contributed by atoms with Crippen LogP contribution in [0.4, 0.5) is 19.0 Å². The monoisotopic (exact) mass is 262 g/mol. The SMILES string of the molecule is CCOC(=O)CN(C)c1ncccc1C(F)(F)F. The van der Waals surface area contributed by atoms with Gasteiger partial charge in [0.15, 0.2) is 0 Å². The number of pyridine rings is 1. The predicted molar refractivity (Wildman–Crippen MR) is 59.1 cm³/mol. The molecule has 0 amide bonds. The fourth-order valence-electron chi connectivity index (χ4n) is 1.40. The van der Waals surface area contributed by atoms with Crippen molar-refractivity contribution in [1.29, 1.82) is 0 Å². The second-order valence-corrected chi connectivity index (χ2v) is 3.53. The van der Waals surface area contributed by atoms with Crippen LogP contribution in [0.5, 0.6) is 0 Å². The van der Waals surface area contributed by atoms with E-state index in [1.807, 2.05) is 0 Å². The normalized spacial score (nSPS) is 11.2. The first-order valence-corrected chi connectivity index (χ1v) is 5.25. The summed E-state index contributed by atoms with van der Waals surface area (Å²) < 4.78 is 42.8. The Balaban J connectivity index is 2.92. The number of hydrogen-bond acceptors (Lipinski definition) is 4. The lowest BCUT2D eigenvalue weighted by Gasteiger charge is -2.20. The topological polar surface area (TPSA) is 42.4 Å². The lowest BCUT2D eigenvalue weighted by Crippen LogP contribution is -2.29. The molecule has 18 heavy (non-hydrogen) atoms. The average molecular weight is 262 g/mol. The zero-order valence-electron chi connectivity index (χ0n) is 9.99. The van der Waals surface area contributed by atoms with Crippen molar-refractivity contribution in [1.82, 2.24) is 4.98 Å². The number of hydrogen-bond donors (Lipinski definition) is 0. The molecule has 0 aliphatic rings. The van der Waals surface area contributed by atoms with Gasteiger partial charge in [-0.25, -0.2) is 4.98 Å². The number of anilines is 1. The van der Waals surface area contributed by atoms with Crippen LogP contribution in [0.15, 0.2) is 18.3 Å². The molecule has 0 unspecified atom stereocenters. The summed E-state index contributed by atoms with van der Waals surface area (Å²) in [5.41, 5.74) is -0.878. The quantitative estimate of drug-likeness (QED) is 0.779. The zero-order valence-corrected chi connectivity index (χ0v) is 9.99. The lowest BCUT2D eigenvalue weighted by atomic mass is 10.2. The van der Waals surface area contributed by atoms with Crippen LogP contribution >= 0.6 is 0 Å². The molecular weight excluding hydrogens is 249 g/mol. The molecule has 4 nitrogen and oxygen atoms in total.